The summed E-state index contributed by atoms with van der Waals surface area (Å²) in [4.78, 5) is 28.8. The zero-order valence-electron chi connectivity index (χ0n) is 16.2. The van der Waals surface area contributed by atoms with Crippen molar-refractivity contribution in [2.75, 3.05) is 11.9 Å². The number of halogens is 2. The maximum atomic E-state index is 12.5. The topological polar surface area (TPSA) is 73.2 Å². The van der Waals surface area contributed by atoms with Crippen molar-refractivity contribution in [3.05, 3.63) is 58.0 Å². The van der Waals surface area contributed by atoms with Crippen molar-refractivity contribution >= 4 is 51.8 Å². The summed E-state index contributed by atoms with van der Waals surface area (Å²) in [5.41, 5.74) is 2.73. The summed E-state index contributed by atoms with van der Waals surface area (Å²) < 4.78 is 6.81. The van der Waals surface area contributed by atoms with E-state index < -0.39 is 6.09 Å². The number of hydrogen-bond acceptors (Lipinski definition) is 4. The highest BCUT2D eigenvalue weighted by atomic mass is 35.5. The summed E-state index contributed by atoms with van der Waals surface area (Å²) in [5.74, 6) is -0.278. The molecule has 2 aromatic heterocycles. The first-order valence-electron chi connectivity index (χ1n) is 9.27. The molecule has 0 unspecified atom stereocenters. The smallest absolute Gasteiger partial charge is 0.418 e. The van der Waals surface area contributed by atoms with Gasteiger partial charge in [-0.15, -0.1) is 0 Å². The van der Waals surface area contributed by atoms with Crippen molar-refractivity contribution in [2.45, 2.75) is 33.1 Å². The van der Waals surface area contributed by atoms with Crippen LogP contribution in [0, 0.1) is 6.92 Å². The SMILES string of the molecule is CCCCOC(=O)n1cc(C)c2ccc(CC(=O)Nc3c(Cl)cncc3Cl)cc21. The van der Waals surface area contributed by atoms with Gasteiger partial charge in [0.1, 0.15) is 0 Å². The van der Waals surface area contributed by atoms with Gasteiger partial charge in [-0.05, 0) is 30.5 Å². The molecule has 152 valence electrons. The van der Waals surface area contributed by atoms with Gasteiger partial charge in [0.25, 0.3) is 0 Å². The molecule has 2 heterocycles. The van der Waals surface area contributed by atoms with Crippen LogP contribution in [0.15, 0.2) is 36.8 Å². The minimum absolute atomic E-state index is 0.0973. The number of nitrogens with one attached hydrogen (secondary N) is 1. The number of hydrogen-bond donors (Lipinski definition) is 1. The molecule has 1 amide bonds. The number of amides is 1. The molecule has 0 bridgehead atoms. The third-order valence-corrected chi connectivity index (χ3v) is 5.05. The molecule has 1 N–H and O–H groups in total. The van der Waals surface area contributed by atoms with Crippen molar-refractivity contribution in [1.29, 1.82) is 0 Å². The molecule has 29 heavy (non-hydrogen) atoms. The number of carbonyl (C=O) groups is 2. The molecule has 3 aromatic rings. The summed E-state index contributed by atoms with van der Waals surface area (Å²) in [6.07, 6.45) is 6.01. The van der Waals surface area contributed by atoms with Gasteiger partial charge in [0.2, 0.25) is 5.91 Å². The van der Waals surface area contributed by atoms with Crippen LogP contribution >= 0.6 is 23.2 Å². The summed E-state index contributed by atoms with van der Waals surface area (Å²) in [6.45, 7) is 4.34. The van der Waals surface area contributed by atoms with E-state index >= 15 is 0 Å². The molecule has 3 rings (SSSR count). The van der Waals surface area contributed by atoms with Crippen LogP contribution < -0.4 is 5.32 Å². The Balaban J connectivity index is 1.80. The molecule has 0 aliphatic heterocycles. The molecule has 0 saturated heterocycles. The van der Waals surface area contributed by atoms with E-state index in [0.717, 1.165) is 29.4 Å². The maximum absolute atomic E-state index is 12.5. The Kier molecular flexibility index (Phi) is 6.77. The number of nitrogens with zero attached hydrogens (tertiary/aromatic N) is 2. The molecular formula is C21H21Cl2N3O3. The van der Waals surface area contributed by atoms with Gasteiger partial charge < -0.3 is 10.1 Å². The van der Waals surface area contributed by atoms with Gasteiger partial charge in [0.05, 0.1) is 34.3 Å². The Hall–Kier alpha value is -2.57. The monoisotopic (exact) mass is 433 g/mol. The van der Waals surface area contributed by atoms with Gasteiger partial charge in [-0.25, -0.2) is 4.79 Å². The number of aromatic nitrogens is 2. The van der Waals surface area contributed by atoms with Gasteiger partial charge in [-0.3, -0.25) is 14.3 Å². The largest absolute Gasteiger partial charge is 0.449 e. The van der Waals surface area contributed by atoms with Crippen LogP contribution in [0.3, 0.4) is 0 Å². The van der Waals surface area contributed by atoms with E-state index in [2.05, 4.69) is 10.3 Å². The summed E-state index contributed by atoms with van der Waals surface area (Å²) >= 11 is 12.1. The average Bonchev–Trinajstić information content (AvgIpc) is 3.01. The molecule has 6 nitrogen and oxygen atoms in total. The molecule has 0 spiro atoms. The number of rotatable bonds is 6. The zero-order chi connectivity index (χ0) is 21.0. The first-order chi connectivity index (χ1) is 13.9. The van der Waals surface area contributed by atoms with Gasteiger partial charge >= 0.3 is 6.09 Å². The number of pyridine rings is 1. The molecule has 0 saturated carbocycles. The quantitative estimate of drug-likeness (QED) is 0.512. The molecule has 0 fully saturated rings. The van der Waals surface area contributed by atoms with E-state index in [9.17, 15) is 9.59 Å². The Morgan fingerprint density at radius 3 is 2.62 bits per heavy atom. The standard InChI is InChI=1S/C21H21Cl2N3O3/c1-3-4-7-29-21(28)26-12-13(2)15-6-5-14(8-18(15)26)9-19(27)25-20-16(22)10-24-11-17(20)23/h5-6,8,10-12H,3-4,7,9H2,1-2H3,(H,24,25,27). The fraction of sp³-hybridized carbons (Fsp3) is 0.286. The van der Waals surface area contributed by atoms with E-state index in [0.29, 0.717) is 17.8 Å². The molecule has 1 aromatic carbocycles. The Morgan fingerprint density at radius 2 is 1.93 bits per heavy atom. The second-order valence-electron chi connectivity index (χ2n) is 6.70. The van der Waals surface area contributed by atoms with Crippen molar-refractivity contribution in [2.24, 2.45) is 0 Å². The highest BCUT2D eigenvalue weighted by Gasteiger charge is 2.15. The van der Waals surface area contributed by atoms with E-state index in [-0.39, 0.29) is 22.4 Å². The summed E-state index contributed by atoms with van der Waals surface area (Å²) in [5, 5.41) is 4.17. The van der Waals surface area contributed by atoms with Crippen molar-refractivity contribution < 1.29 is 14.3 Å². The van der Waals surface area contributed by atoms with Crippen LogP contribution in [0.2, 0.25) is 10.0 Å². The Labute approximate surface area is 178 Å². The molecular weight excluding hydrogens is 413 g/mol. The maximum Gasteiger partial charge on any atom is 0.418 e. The van der Waals surface area contributed by atoms with Gasteiger partial charge in [0.15, 0.2) is 0 Å². The van der Waals surface area contributed by atoms with E-state index in [1.165, 1.54) is 17.0 Å². The second-order valence-corrected chi connectivity index (χ2v) is 7.52. The molecule has 0 aliphatic carbocycles. The fourth-order valence-electron chi connectivity index (χ4n) is 2.98. The lowest BCUT2D eigenvalue weighted by Gasteiger charge is -2.09. The fourth-order valence-corrected chi connectivity index (χ4v) is 3.44. The second kappa shape index (κ2) is 9.29. The summed E-state index contributed by atoms with van der Waals surface area (Å²) in [7, 11) is 0. The lowest BCUT2D eigenvalue weighted by Crippen LogP contribution is -2.16. The van der Waals surface area contributed by atoms with E-state index in [4.69, 9.17) is 27.9 Å². The van der Waals surface area contributed by atoms with Crippen LogP contribution in [0.25, 0.3) is 10.9 Å². The predicted molar refractivity (Wildman–Crippen MR) is 115 cm³/mol. The minimum Gasteiger partial charge on any atom is -0.449 e. The molecule has 0 atom stereocenters. The molecule has 0 radical (unpaired) electrons. The van der Waals surface area contributed by atoms with E-state index in [1.54, 1.807) is 6.20 Å². The lowest BCUT2D eigenvalue weighted by molar-refractivity contribution is -0.115. The third kappa shape index (κ3) is 4.89. The van der Waals surface area contributed by atoms with Crippen molar-refractivity contribution in [3.8, 4) is 0 Å². The predicted octanol–water partition coefficient (Wildman–Crippen LogP) is 5.62. The van der Waals surface area contributed by atoms with Crippen molar-refractivity contribution in [3.63, 3.8) is 0 Å². The molecule has 8 heteroatoms. The minimum atomic E-state index is -0.423. The molecule has 0 aliphatic rings. The number of benzene rings is 1. The highest BCUT2D eigenvalue weighted by molar-refractivity contribution is 6.39. The number of aryl methyl sites for hydroxylation is 1. The Bertz CT molecular complexity index is 1040. The summed E-state index contributed by atoms with van der Waals surface area (Å²) in [6, 6.07) is 5.58. The number of carbonyl (C=O) groups excluding carboxylic acids is 2. The first kappa shape index (κ1) is 21.1. The first-order valence-corrected chi connectivity index (χ1v) is 10.0. The number of unbranched alkanes of at least 4 members (excludes halogenated alkanes) is 1. The van der Waals surface area contributed by atoms with Crippen LogP contribution in [-0.2, 0) is 16.0 Å². The number of fused-ring (bicyclic) bond motifs is 1. The highest BCUT2D eigenvalue weighted by Crippen LogP contribution is 2.29. The van der Waals surface area contributed by atoms with Gasteiger partial charge in [-0.2, -0.15) is 0 Å². The van der Waals surface area contributed by atoms with E-state index in [1.807, 2.05) is 32.0 Å². The lowest BCUT2D eigenvalue weighted by atomic mass is 10.1. The van der Waals surface area contributed by atoms with Crippen LogP contribution in [0.5, 0.6) is 0 Å². The zero-order valence-corrected chi connectivity index (χ0v) is 17.7. The van der Waals surface area contributed by atoms with Gasteiger partial charge in [0, 0.05) is 24.0 Å². The van der Waals surface area contributed by atoms with Crippen molar-refractivity contribution in [1.82, 2.24) is 9.55 Å². The van der Waals surface area contributed by atoms with Crippen LogP contribution in [0.4, 0.5) is 10.5 Å². The van der Waals surface area contributed by atoms with Crippen LogP contribution in [0.1, 0.15) is 30.9 Å². The number of anilines is 1. The number of ether oxygens (including phenoxy) is 1. The Morgan fingerprint density at radius 1 is 1.21 bits per heavy atom. The third-order valence-electron chi connectivity index (χ3n) is 4.47. The normalized spacial score (nSPS) is 10.9. The van der Waals surface area contributed by atoms with Gasteiger partial charge in [-0.1, -0.05) is 48.7 Å². The van der Waals surface area contributed by atoms with Crippen LogP contribution in [-0.4, -0.2) is 28.2 Å². The average molecular weight is 434 g/mol.